The number of aromatic nitrogens is 1. The van der Waals surface area contributed by atoms with E-state index in [-0.39, 0.29) is 0 Å². The van der Waals surface area contributed by atoms with Gasteiger partial charge in [0.05, 0.1) is 0 Å². The minimum atomic E-state index is 0.599. The van der Waals surface area contributed by atoms with Gasteiger partial charge in [-0.3, -0.25) is 0 Å². The maximum absolute atomic E-state index is 5.49. The van der Waals surface area contributed by atoms with Gasteiger partial charge >= 0.3 is 0 Å². The van der Waals surface area contributed by atoms with Gasteiger partial charge in [0.2, 0.25) is 0 Å². The summed E-state index contributed by atoms with van der Waals surface area (Å²) in [6.45, 7) is 3.43. The van der Waals surface area contributed by atoms with Crippen LogP contribution in [0.25, 0.3) is 10.8 Å². The van der Waals surface area contributed by atoms with Crippen LogP contribution < -0.4 is 11.1 Å². The van der Waals surface area contributed by atoms with Crippen molar-refractivity contribution in [2.24, 2.45) is 5.73 Å². The fourth-order valence-electron chi connectivity index (χ4n) is 1.73. The van der Waals surface area contributed by atoms with Crippen molar-refractivity contribution in [2.75, 3.05) is 18.4 Å². The zero-order valence-electron chi connectivity index (χ0n) is 9.13. The van der Waals surface area contributed by atoms with E-state index in [1.54, 1.807) is 0 Å². The lowest BCUT2D eigenvalue weighted by molar-refractivity contribution is 1.01. The van der Waals surface area contributed by atoms with Crippen LogP contribution in [-0.2, 0) is 0 Å². The molecule has 0 aliphatic heterocycles. The summed E-state index contributed by atoms with van der Waals surface area (Å²) in [6, 6.07) is 6.18. The summed E-state index contributed by atoms with van der Waals surface area (Å²) in [7, 11) is 0. The molecule has 0 spiro atoms. The van der Waals surface area contributed by atoms with E-state index in [1.165, 1.54) is 10.9 Å². The van der Waals surface area contributed by atoms with Crippen LogP contribution in [0.3, 0.4) is 0 Å². The molecule has 1 aromatic heterocycles. The Bertz CT molecular complexity index is 511. The Balaban J connectivity index is 2.61. The number of anilines is 1. The molecule has 2 aromatic rings. The van der Waals surface area contributed by atoms with Gasteiger partial charge in [-0.05, 0) is 30.0 Å². The summed E-state index contributed by atoms with van der Waals surface area (Å²) in [4.78, 5) is 4.35. The molecule has 0 aliphatic carbocycles. The van der Waals surface area contributed by atoms with Crippen LogP contribution >= 0.6 is 15.9 Å². The predicted molar refractivity (Wildman–Crippen MR) is 71.7 cm³/mol. The summed E-state index contributed by atoms with van der Waals surface area (Å²) in [6.07, 6.45) is 1.82. The summed E-state index contributed by atoms with van der Waals surface area (Å²) in [5, 5.41) is 5.57. The number of aryl methyl sites for hydroxylation is 1. The third-order valence-electron chi connectivity index (χ3n) is 2.53. The lowest BCUT2D eigenvalue weighted by Gasteiger charge is -2.10. The van der Waals surface area contributed by atoms with Crippen LogP contribution in [-0.4, -0.2) is 18.1 Å². The van der Waals surface area contributed by atoms with Crippen molar-refractivity contribution >= 4 is 32.5 Å². The Morgan fingerprint density at radius 1 is 1.38 bits per heavy atom. The first-order chi connectivity index (χ1) is 7.74. The number of hydrogen-bond acceptors (Lipinski definition) is 3. The Morgan fingerprint density at radius 2 is 2.19 bits per heavy atom. The first-order valence-corrected chi connectivity index (χ1v) is 6.01. The maximum atomic E-state index is 5.49. The van der Waals surface area contributed by atoms with Gasteiger partial charge in [-0.2, -0.15) is 0 Å². The van der Waals surface area contributed by atoms with Crippen LogP contribution in [0.5, 0.6) is 0 Å². The van der Waals surface area contributed by atoms with Crippen molar-refractivity contribution in [3.05, 3.63) is 34.4 Å². The quantitative estimate of drug-likeness (QED) is 0.908. The SMILES string of the molecule is Cc1ccc(Br)c2c(NCCN)nccc12. The van der Waals surface area contributed by atoms with Crippen molar-refractivity contribution in [2.45, 2.75) is 6.92 Å². The number of nitrogens with one attached hydrogen (secondary N) is 1. The second-order valence-corrected chi connectivity index (χ2v) is 4.52. The first kappa shape index (κ1) is 11.4. The summed E-state index contributed by atoms with van der Waals surface area (Å²) < 4.78 is 1.06. The fourth-order valence-corrected chi connectivity index (χ4v) is 2.26. The van der Waals surface area contributed by atoms with Crippen molar-refractivity contribution in [3.63, 3.8) is 0 Å². The van der Waals surface area contributed by atoms with Crippen LogP contribution in [0.1, 0.15) is 5.56 Å². The van der Waals surface area contributed by atoms with Crippen LogP contribution in [0.15, 0.2) is 28.9 Å². The highest BCUT2D eigenvalue weighted by atomic mass is 79.9. The third kappa shape index (κ3) is 2.03. The highest BCUT2D eigenvalue weighted by Crippen LogP contribution is 2.31. The third-order valence-corrected chi connectivity index (χ3v) is 3.19. The second-order valence-electron chi connectivity index (χ2n) is 3.66. The normalized spacial score (nSPS) is 10.7. The van der Waals surface area contributed by atoms with Gasteiger partial charge in [0.25, 0.3) is 0 Å². The van der Waals surface area contributed by atoms with E-state index >= 15 is 0 Å². The van der Waals surface area contributed by atoms with Gasteiger partial charge in [-0.25, -0.2) is 4.98 Å². The highest BCUT2D eigenvalue weighted by molar-refractivity contribution is 9.10. The first-order valence-electron chi connectivity index (χ1n) is 5.22. The zero-order chi connectivity index (χ0) is 11.5. The average Bonchev–Trinajstić information content (AvgIpc) is 2.31. The molecule has 2 rings (SSSR count). The molecule has 4 heteroatoms. The summed E-state index contributed by atoms with van der Waals surface area (Å²) >= 11 is 3.56. The molecule has 0 unspecified atom stereocenters. The smallest absolute Gasteiger partial charge is 0.135 e. The van der Waals surface area contributed by atoms with E-state index < -0.39 is 0 Å². The molecule has 3 N–H and O–H groups in total. The number of rotatable bonds is 3. The molecule has 0 fully saturated rings. The van der Waals surface area contributed by atoms with Crippen molar-refractivity contribution in [3.8, 4) is 0 Å². The molecule has 0 saturated heterocycles. The summed E-state index contributed by atoms with van der Waals surface area (Å²) in [5.74, 6) is 0.888. The molecule has 1 aromatic carbocycles. The standard InChI is InChI=1S/C12H14BrN3/c1-8-2-3-10(13)11-9(8)4-6-15-12(11)16-7-5-14/h2-4,6H,5,7,14H2,1H3,(H,15,16). The highest BCUT2D eigenvalue weighted by Gasteiger charge is 2.07. The second kappa shape index (κ2) is 4.80. The number of halogens is 1. The van der Waals surface area contributed by atoms with Gasteiger partial charge in [0, 0.05) is 29.1 Å². The maximum Gasteiger partial charge on any atom is 0.135 e. The molecule has 3 nitrogen and oxygen atoms in total. The molecular weight excluding hydrogens is 266 g/mol. The van der Waals surface area contributed by atoms with E-state index in [0.717, 1.165) is 22.2 Å². The fraction of sp³-hybridized carbons (Fsp3) is 0.250. The molecular formula is C12H14BrN3. The largest absolute Gasteiger partial charge is 0.368 e. The Kier molecular flexibility index (Phi) is 3.41. The minimum Gasteiger partial charge on any atom is -0.368 e. The molecule has 0 saturated carbocycles. The number of hydrogen-bond donors (Lipinski definition) is 2. The van der Waals surface area contributed by atoms with E-state index in [2.05, 4.69) is 39.2 Å². The summed E-state index contributed by atoms with van der Waals surface area (Å²) in [5.41, 5.74) is 6.73. The Morgan fingerprint density at radius 3 is 2.94 bits per heavy atom. The number of benzene rings is 1. The molecule has 0 bridgehead atoms. The average molecular weight is 280 g/mol. The number of pyridine rings is 1. The van der Waals surface area contributed by atoms with E-state index in [1.807, 2.05) is 18.3 Å². The Labute approximate surface area is 103 Å². The number of fused-ring (bicyclic) bond motifs is 1. The molecule has 0 radical (unpaired) electrons. The molecule has 0 atom stereocenters. The topological polar surface area (TPSA) is 50.9 Å². The van der Waals surface area contributed by atoms with Gasteiger partial charge in [0.15, 0.2) is 0 Å². The van der Waals surface area contributed by atoms with Gasteiger partial charge in [0.1, 0.15) is 5.82 Å². The molecule has 0 amide bonds. The monoisotopic (exact) mass is 279 g/mol. The zero-order valence-corrected chi connectivity index (χ0v) is 10.7. The van der Waals surface area contributed by atoms with Gasteiger partial charge < -0.3 is 11.1 Å². The van der Waals surface area contributed by atoms with E-state index in [4.69, 9.17) is 5.73 Å². The van der Waals surface area contributed by atoms with Gasteiger partial charge in [-0.1, -0.05) is 22.0 Å². The van der Waals surface area contributed by atoms with Crippen molar-refractivity contribution in [1.82, 2.24) is 4.98 Å². The van der Waals surface area contributed by atoms with E-state index in [0.29, 0.717) is 6.54 Å². The van der Waals surface area contributed by atoms with Crippen LogP contribution in [0.2, 0.25) is 0 Å². The minimum absolute atomic E-state index is 0.599. The molecule has 0 aliphatic rings. The van der Waals surface area contributed by atoms with E-state index in [9.17, 15) is 0 Å². The molecule has 16 heavy (non-hydrogen) atoms. The predicted octanol–water partition coefficient (Wildman–Crippen LogP) is 2.68. The van der Waals surface area contributed by atoms with Crippen LogP contribution in [0.4, 0.5) is 5.82 Å². The lowest BCUT2D eigenvalue weighted by Crippen LogP contribution is -2.14. The molecule has 84 valence electrons. The van der Waals surface area contributed by atoms with Crippen molar-refractivity contribution in [1.29, 1.82) is 0 Å². The Hall–Kier alpha value is -1.13. The number of nitrogens with zero attached hydrogens (tertiary/aromatic N) is 1. The van der Waals surface area contributed by atoms with Crippen molar-refractivity contribution < 1.29 is 0 Å². The van der Waals surface area contributed by atoms with Gasteiger partial charge in [-0.15, -0.1) is 0 Å². The number of nitrogens with two attached hydrogens (primary N) is 1. The molecule has 1 heterocycles. The van der Waals surface area contributed by atoms with Crippen LogP contribution in [0, 0.1) is 6.92 Å². The lowest BCUT2D eigenvalue weighted by atomic mass is 10.1.